The van der Waals surface area contributed by atoms with Crippen molar-refractivity contribution >= 4 is 5.91 Å². The van der Waals surface area contributed by atoms with E-state index in [1.165, 1.54) is 0 Å². The highest BCUT2D eigenvalue weighted by Crippen LogP contribution is 2.30. The van der Waals surface area contributed by atoms with Gasteiger partial charge >= 0.3 is 0 Å². The number of imidazole rings is 1. The molecular weight excluding hydrogens is 352 g/mol. The summed E-state index contributed by atoms with van der Waals surface area (Å²) in [6.45, 7) is 3.62. The van der Waals surface area contributed by atoms with Gasteiger partial charge in [-0.25, -0.2) is 4.98 Å². The fraction of sp³-hybridized carbons (Fsp3) is 0.318. The maximum Gasteiger partial charge on any atom is 0.260 e. The lowest BCUT2D eigenvalue weighted by Crippen LogP contribution is -2.41. The number of ether oxygens (including phenoxy) is 1. The minimum atomic E-state index is 0.0390. The molecule has 144 valence electrons. The van der Waals surface area contributed by atoms with Gasteiger partial charge in [0.25, 0.3) is 5.91 Å². The van der Waals surface area contributed by atoms with Crippen molar-refractivity contribution in [2.24, 2.45) is 0 Å². The van der Waals surface area contributed by atoms with Gasteiger partial charge in [0, 0.05) is 49.0 Å². The second kappa shape index (κ2) is 8.25. The van der Waals surface area contributed by atoms with Crippen LogP contribution in [0, 0.1) is 6.92 Å². The van der Waals surface area contributed by atoms with Crippen molar-refractivity contribution in [1.82, 2.24) is 19.4 Å². The predicted molar refractivity (Wildman–Crippen MR) is 107 cm³/mol. The van der Waals surface area contributed by atoms with E-state index in [1.807, 2.05) is 59.8 Å². The molecule has 6 heteroatoms. The molecule has 0 unspecified atom stereocenters. The number of likely N-dealkylation sites (tertiary alicyclic amines) is 1. The van der Waals surface area contributed by atoms with Crippen LogP contribution in [0.3, 0.4) is 0 Å². The van der Waals surface area contributed by atoms with Gasteiger partial charge in [-0.2, -0.15) is 0 Å². The number of amides is 1. The van der Waals surface area contributed by atoms with Crippen molar-refractivity contribution in [3.63, 3.8) is 0 Å². The van der Waals surface area contributed by atoms with Crippen LogP contribution in [-0.4, -0.2) is 45.0 Å². The first-order valence-corrected chi connectivity index (χ1v) is 9.62. The molecule has 1 amide bonds. The van der Waals surface area contributed by atoms with Gasteiger partial charge in [-0.3, -0.25) is 9.78 Å². The summed E-state index contributed by atoms with van der Waals surface area (Å²) in [7, 11) is 0. The van der Waals surface area contributed by atoms with E-state index in [2.05, 4.69) is 21.5 Å². The first kappa shape index (κ1) is 18.2. The van der Waals surface area contributed by atoms with Crippen molar-refractivity contribution in [1.29, 1.82) is 0 Å². The first-order chi connectivity index (χ1) is 13.7. The average molecular weight is 376 g/mol. The Morgan fingerprint density at radius 2 is 1.89 bits per heavy atom. The third-order valence-corrected chi connectivity index (χ3v) is 5.19. The Kier molecular flexibility index (Phi) is 5.37. The molecule has 0 saturated carbocycles. The molecule has 28 heavy (non-hydrogen) atoms. The Labute approximate surface area is 164 Å². The number of piperidine rings is 1. The third kappa shape index (κ3) is 3.91. The highest BCUT2D eigenvalue weighted by Gasteiger charge is 2.26. The minimum Gasteiger partial charge on any atom is -0.484 e. The molecule has 1 aliphatic heterocycles. The van der Waals surface area contributed by atoms with E-state index in [4.69, 9.17) is 4.74 Å². The Bertz CT molecular complexity index is 916. The molecule has 0 atom stereocenters. The van der Waals surface area contributed by atoms with Gasteiger partial charge < -0.3 is 14.2 Å². The standard InChI is InChI=1S/C22H24N4O2/c1-17-14-24-22(18-6-5-11-23-15-18)26(17)19-9-12-25(13-10-19)21(27)16-28-20-7-3-2-4-8-20/h2-8,11,14-15,19H,9-10,12-13,16H2,1H3. The van der Waals surface area contributed by atoms with E-state index in [9.17, 15) is 4.79 Å². The number of para-hydroxylation sites is 1. The number of aromatic nitrogens is 3. The number of hydrogen-bond donors (Lipinski definition) is 0. The van der Waals surface area contributed by atoms with Crippen LogP contribution in [0.2, 0.25) is 0 Å². The fourth-order valence-electron chi connectivity index (χ4n) is 3.74. The second-order valence-electron chi connectivity index (χ2n) is 7.05. The van der Waals surface area contributed by atoms with Gasteiger partial charge in [0.2, 0.25) is 0 Å². The molecule has 0 spiro atoms. The van der Waals surface area contributed by atoms with Crippen LogP contribution < -0.4 is 4.74 Å². The Morgan fingerprint density at radius 1 is 1.11 bits per heavy atom. The molecule has 0 bridgehead atoms. The van der Waals surface area contributed by atoms with E-state index < -0.39 is 0 Å². The van der Waals surface area contributed by atoms with Gasteiger partial charge in [-0.05, 0) is 44.0 Å². The third-order valence-electron chi connectivity index (χ3n) is 5.19. The lowest BCUT2D eigenvalue weighted by molar-refractivity contribution is -0.134. The first-order valence-electron chi connectivity index (χ1n) is 9.62. The molecule has 3 heterocycles. The zero-order valence-corrected chi connectivity index (χ0v) is 16.0. The Hall–Kier alpha value is -3.15. The van der Waals surface area contributed by atoms with Crippen LogP contribution in [0.25, 0.3) is 11.4 Å². The number of carbonyl (C=O) groups excluding carboxylic acids is 1. The van der Waals surface area contributed by atoms with E-state index in [0.717, 1.165) is 48.8 Å². The van der Waals surface area contributed by atoms with Crippen LogP contribution in [-0.2, 0) is 4.79 Å². The normalized spacial score (nSPS) is 14.8. The summed E-state index contributed by atoms with van der Waals surface area (Å²) in [5, 5.41) is 0. The van der Waals surface area contributed by atoms with Crippen LogP contribution in [0.4, 0.5) is 0 Å². The maximum atomic E-state index is 12.5. The van der Waals surface area contributed by atoms with Gasteiger partial charge in [0.1, 0.15) is 11.6 Å². The van der Waals surface area contributed by atoms with Gasteiger partial charge in [0.15, 0.2) is 6.61 Å². The topological polar surface area (TPSA) is 60.2 Å². The molecule has 2 aromatic heterocycles. The van der Waals surface area contributed by atoms with Crippen molar-refractivity contribution in [2.45, 2.75) is 25.8 Å². The Balaban J connectivity index is 1.38. The quantitative estimate of drug-likeness (QED) is 0.684. The number of nitrogens with zero attached hydrogens (tertiary/aromatic N) is 4. The van der Waals surface area contributed by atoms with Crippen LogP contribution in [0.5, 0.6) is 5.75 Å². The smallest absolute Gasteiger partial charge is 0.260 e. The SMILES string of the molecule is Cc1cnc(-c2cccnc2)n1C1CCN(C(=O)COc2ccccc2)CC1. The van der Waals surface area contributed by atoms with Gasteiger partial charge in [0.05, 0.1) is 0 Å². The summed E-state index contributed by atoms with van der Waals surface area (Å²) in [4.78, 5) is 23.2. The number of pyridine rings is 1. The molecule has 1 fully saturated rings. The monoisotopic (exact) mass is 376 g/mol. The van der Waals surface area contributed by atoms with E-state index >= 15 is 0 Å². The summed E-state index contributed by atoms with van der Waals surface area (Å²) in [5.41, 5.74) is 2.15. The van der Waals surface area contributed by atoms with Crippen LogP contribution in [0.1, 0.15) is 24.6 Å². The highest BCUT2D eigenvalue weighted by atomic mass is 16.5. The van der Waals surface area contributed by atoms with Crippen molar-refractivity contribution in [3.05, 3.63) is 66.7 Å². The molecule has 1 saturated heterocycles. The van der Waals surface area contributed by atoms with Crippen molar-refractivity contribution < 1.29 is 9.53 Å². The zero-order valence-electron chi connectivity index (χ0n) is 16.0. The van der Waals surface area contributed by atoms with Gasteiger partial charge in [-0.15, -0.1) is 0 Å². The molecule has 6 nitrogen and oxygen atoms in total. The molecular formula is C22H24N4O2. The average Bonchev–Trinajstić information content (AvgIpc) is 3.15. The zero-order chi connectivity index (χ0) is 19.3. The molecule has 3 aromatic rings. The fourth-order valence-corrected chi connectivity index (χ4v) is 3.74. The van der Waals surface area contributed by atoms with E-state index in [1.54, 1.807) is 6.20 Å². The van der Waals surface area contributed by atoms with Crippen LogP contribution in [0.15, 0.2) is 61.1 Å². The number of benzene rings is 1. The largest absolute Gasteiger partial charge is 0.484 e. The maximum absolute atomic E-state index is 12.5. The number of carbonyl (C=O) groups is 1. The Morgan fingerprint density at radius 3 is 2.61 bits per heavy atom. The summed E-state index contributed by atoms with van der Waals surface area (Å²) in [5.74, 6) is 1.71. The lowest BCUT2D eigenvalue weighted by atomic mass is 10.0. The van der Waals surface area contributed by atoms with Crippen molar-refractivity contribution in [2.75, 3.05) is 19.7 Å². The summed E-state index contributed by atoms with van der Waals surface area (Å²) < 4.78 is 7.89. The molecule has 1 aromatic carbocycles. The lowest BCUT2D eigenvalue weighted by Gasteiger charge is -2.34. The van der Waals surface area contributed by atoms with Gasteiger partial charge in [-0.1, -0.05) is 18.2 Å². The second-order valence-corrected chi connectivity index (χ2v) is 7.05. The number of aryl methyl sites for hydroxylation is 1. The molecule has 1 aliphatic rings. The predicted octanol–water partition coefficient (Wildman–Crippen LogP) is 3.50. The highest BCUT2D eigenvalue weighted by molar-refractivity contribution is 5.77. The summed E-state index contributed by atoms with van der Waals surface area (Å²) in [6, 6.07) is 13.7. The molecule has 0 radical (unpaired) electrons. The van der Waals surface area contributed by atoms with Crippen LogP contribution >= 0.6 is 0 Å². The summed E-state index contributed by atoms with van der Waals surface area (Å²) >= 11 is 0. The summed E-state index contributed by atoms with van der Waals surface area (Å²) in [6.07, 6.45) is 7.33. The molecule has 4 rings (SSSR count). The number of hydrogen-bond acceptors (Lipinski definition) is 4. The van der Waals surface area contributed by atoms with E-state index in [-0.39, 0.29) is 12.5 Å². The van der Waals surface area contributed by atoms with Crippen molar-refractivity contribution in [3.8, 4) is 17.1 Å². The van der Waals surface area contributed by atoms with E-state index in [0.29, 0.717) is 6.04 Å². The minimum absolute atomic E-state index is 0.0390. The number of rotatable bonds is 5. The molecule has 0 N–H and O–H groups in total. The molecule has 0 aliphatic carbocycles.